The first kappa shape index (κ1) is 15.7. The van der Waals surface area contributed by atoms with Gasteiger partial charge in [-0.3, -0.25) is 5.10 Å². The summed E-state index contributed by atoms with van der Waals surface area (Å²) in [5.41, 5.74) is 0.438. The lowest BCUT2D eigenvalue weighted by molar-refractivity contribution is 0.166. The third-order valence-corrected chi connectivity index (χ3v) is 4.96. The van der Waals surface area contributed by atoms with Crippen LogP contribution < -0.4 is 0 Å². The summed E-state index contributed by atoms with van der Waals surface area (Å²) in [6.07, 6.45) is 5.13. The Kier molecular flexibility index (Phi) is 4.73. The Balaban J connectivity index is 2.09. The lowest BCUT2D eigenvalue weighted by Crippen LogP contribution is -2.26. The smallest absolute Gasteiger partial charge is 0.195 e. The number of aromatic nitrogens is 3. The van der Waals surface area contributed by atoms with Crippen molar-refractivity contribution in [3.8, 4) is 0 Å². The fourth-order valence-corrected chi connectivity index (χ4v) is 3.61. The van der Waals surface area contributed by atoms with E-state index in [1.165, 1.54) is 31.5 Å². The van der Waals surface area contributed by atoms with Crippen molar-refractivity contribution in [2.45, 2.75) is 72.8 Å². The van der Waals surface area contributed by atoms with E-state index >= 15 is 0 Å². The summed E-state index contributed by atoms with van der Waals surface area (Å²) in [6.45, 7) is 12.5. The van der Waals surface area contributed by atoms with E-state index < -0.39 is 0 Å². The van der Waals surface area contributed by atoms with Gasteiger partial charge in [0.2, 0.25) is 0 Å². The van der Waals surface area contributed by atoms with Crippen LogP contribution in [0.3, 0.4) is 0 Å². The maximum atomic E-state index is 5.39. The number of hydrogen-bond donors (Lipinski definition) is 1. The minimum Gasteiger partial charge on any atom is -0.304 e. The zero-order valence-electron chi connectivity index (χ0n) is 13.6. The van der Waals surface area contributed by atoms with Gasteiger partial charge in [0.15, 0.2) is 4.77 Å². The molecule has 0 saturated heterocycles. The van der Waals surface area contributed by atoms with Crippen LogP contribution in [0.1, 0.15) is 72.0 Å². The first-order valence-corrected chi connectivity index (χ1v) is 8.35. The highest BCUT2D eigenvalue weighted by Gasteiger charge is 2.32. The summed E-state index contributed by atoms with van der Waals surface area (Å²) in [5, 5.41) is 7.52. The molecule has 1 fully saturated rings. The van der Waals surface area contributed by atoms with E-state index in [0.29, 0.717) is 17.3 Å². The zero-order chi connectivity index (χ0) is 14.9. The molecule has 0 bridgehead atoms. The predicted molar refractivity (Wildman–Crippen MR) is 86.4 cm³/mol. The second-order valence-corrected chi connectivity index (χ2v) is 8.19. The van der Waals surface area contributed by atoms with Crippen LogP contribution in [0.15, 0.2) is 0 Å². The molecule has 20 heavy (non-hydrogen) atoms. The first-order chi connectivity index (χ1) is 9.29. The van der Waals surface area contributed by atoms with E-state index in [2.05, 4.69) is 49.4 Å². The number of aromatic amines is 1. The molecule has 0 radical (unpaired) electrons. The quantitative estimate of drug-likeness (QED) is 0.803. The van der Waals surface area contributed by atoms with Crippen LogP contribution in [-0.4, -0.2) is 14.8 Å². The summed E-state index contributed by atoms with van der Waals surface area (Å²) in [6, 6.07) is 0. The first-order valence-electron chi connectivity index (χ1n) is 7.94. The van der Waals surface area contributed by atoms with E-state index in [1.807, 2.05) is 0 Å². The summed E-state index contributed by atoms with van der Waals surface area (Å²) >= 11 is 5.39. The Morgan fingerprint density at radius 3 is 2.35 bits per heavy atom. The standard InChI is InChI=1S/C16H29N3S/c1-11(2)10-19-14(17-18-15(19)20)12-6-8-13(9-7-12)16(3,4)5/h11-13H,6-10H2,1-5H3,(H,18,20). The van der Waals surface area contributed by atoms with Gasteiger partial charge in [-0.15, -0.1) is 0 Å². The molecule has 0 spiro atoms. The number of rotatable bonds is 3. The van der Waals surface area contributed by atoms with Gasteiger partial charge in [-0.05, 0) is 55.2 Å². The van der Waals surface area contributed by atoms with Crippen molar-refractivity contribution >= 4 is 12.2 Å². The van der Waals surface area contributed by atoms with Crippen molar-refractivity contribution < 1.29 is 0 Å². The molecule has 114 valence electrons. The van der Waals surface area contributed by atoms with Crippen molar-refractivity contribution in [3.63, 3.8) is 0 Å². The minimum atomic E-state index is 0.438. The SMILES string of the molecule is CC(C)Cn1c(C2CCC(C(C)(C)C)CC2)n[nH]c1=S. The normalized spacial score (nSPS) is 24.3. The predicted octanol–water partition coefficient (Wildman–Crippen LogP) is 4.92. The Bertz CT molecular complexity index is 485. The van der Waals surface area contributed by atoms with Crippen LogP contribution >= 0.6 is 12.2 Å². The average Bonchev–Trinajstić information content (AvgIpc) is 2.70. The fraction of sp³-hybridized carbons (Fsp3) is 0.875. The second-order valence-electron chi connectivity index (χ2n) is 7.81. The van der Waals surface area contributed by atoms with Gasteiger partial charge >= 0.3 is 0 Å². The molecule has 0 aromatic carbocycles. The minimum absolute atomic E-state index is 0.438. The van der Waals surface area contributed by atoms with Crippen molar-refractivity contribution in [1.82, 2.24) is 14.8 Å². The summed E-state index contributed by atoms with van der Waals surface area (Å²) < 4.78 is 3.01. The fourth-order valence-electron chi connectivity index (χ4n) is 3.40. The van der Waals surface area contributed by atoms with E-state index in [1.54, 1.807) is 0 Å². The highest BCUT2D eigenvalue weighted by atomic mass is 32.1. The third kappa shape index (κ3) is 3.51. The molecule has 1 saturated carbocycles. The topological polar surface area (TPSA) is 33.6 Å². The van der Waals surface area contributed by atoms with Gasteiger partial charge in [-0.25, -0.2) is 0 Å². The van der Waals surface area contributed by atoms with Crippen molar-refractivity contribution in [2.75, 3.05) is 0 Å². The summed E-state index contributed by atoms with van der Waals surface area (Å²) in [7, 11) is 0. The number of nitrogens with one attached hydrogen (secondary N) is 1. The Labute approximate surface area is 128 Å². The third-order valence-electron chi connectivity index (χ3n) is 4.65. The zero-order valence-corrected chi connectivity index (χ0v) is 14.4. The molecule has 1 aromatic heterocycles. The van der Waals surface area contributed by atoms with Gasteiger partial charge < -0.3 is 4.57 Å². The van der Waals surface area contributed by atoms with E-state index in [9.17, 15) is 0 Å². The van der Waals surface area contributed by atoms with Crippen LogP contribution in [0.4, 0.5) is 0 Å². The van der Waals surface area contributed by atoms with Crippen molar-refractivity contribution in [3.05, 3.63) is 10.6 Å². The van der Waals surface area contributed by atoms with Crippen molar-refractivity contribution in [1.29, 1.82) is 0 Å². The Morgan fingerprint density at radius 2 is 1.85 bits per heavy atom. The summed E-state index contributed by atoms with van der Waals surface area (Å²) in [4.78, 5) is 0. The van der Waals surface area contributed by atoms with Gasteiger partial charge in [-0.2, -0.15) is 5.10 Å². The van der Waals surface area contributed by atoms with Gasteiger partial charge in [0.1, 0.15) is 5.82 Å². The molecule has 2 rings (SSSR count). The van der Waals surface area contributed by atoms with Crippen molar-refractivity contribution in [2.24, 2.45) is 17.3 Å². The molecule has 0 atom stereocenters. The van der Waals surface area contributed by atoms with E-state index in [-0.39, 0.29) is 0 Å². The van der Waals surface area contributed by atoms with Gasteiger partial charge in [0.25, 0.3) is 0 Å². The van der Waals surface area contributed by atoms with E-state index in [4.69, 9.17) is 12.2 Å². The van der Waals surface area contributed by atoms with Crippen LogP contribution in [-0.2, 0) is 6.54 Å². The number of nitrogens with zero attached hydrogens (tertiary/aromatic N) is 2. The second kappa shape index (κ2) is 6.00. The molecule has 4 heteroatoms. The molecular formula is C16H29N3S. The van der Waals surface area contributed by atoms with E-state index in [0.717, 1.165) is 17.2 Å². The molecule has 1 aliphatic carbocycles. The Hall–Kier alpha value is -0.640. The highest BCUT2D eigenvalue weighted by molar-refractivity contribution is 7.71. The molecule has 1 aromatic rings. The van der Waals surface area contributed by atoms with Gasteiger partial charge in [-0.1, -0.05) is 34.6 Å². The molecule has 0 unspecified atom stereocenters. The maximum absolute atomic E-state index is 5.39. The highest BCUT2D eigenvalue weighted by Crippen LogP contribution is 2.42. The molecule has 3 nitrogen and oxygen atoms in total. The maximum Gasteiger partial charge on any atom is 0.195 e. The number of hydrogen-bond acceptors (Lipinski definition) is 2. The lowest BCUT2D eigenvalue weighted by Gasteiger charge is -2.36. The largest absolute Gasteiger partial charge is 0.304 e. The Morgan fingerprint density at radius 1 is 1.25 bits per heavy atom. The van der Waals surface area contributed by atoms with Gasteiger partial charge in [0, 0.05) is 12.5 Å². The molecule has 1 aliphatic rings. The molecular weight excluding hydrogens is 266 g/mol. The lowest BCUT2D eigenvalue weighted by atomic mass is 9.69. The molecule has 1 N–H and O–H groups in total. The number of H-pyrrole nitrogens is 1. The van der Waals surface area contributed by atoms with Crippen LogP contribution in [0, 0.1) is 22.0 Å². The molecule has 0 aliphatic heterocycles. The van der Waals surface area contributed by atoms with Crippen LogP contribution in [0.2, 0.25) is 0 Å². The van der Waals surface area contributed by atoms with Crippen LogP contribution in [0.5, 0.6) is 0 Å². The summed E-state index contributed by atoms with van der Waals surface area (Å²) in [5.74, 6) is 3.22. The van der Waals surface area contributed by atoms with Crippen LogP contribution in [0.25, 0.3) is 0 Å². The molecule has 0 amide bonds. The van der Waals surface area contributed by atoms with Gasteiger partial charge in [0.05, 0.1) is 0 Å². The monoisotopic (exact) mass is 295 g/mol. The molecule has 1 heterocycles. The average molecular weight is 295 g/mol.